The van der Waals surface area contributed by atoms with Crippen molar-refractivity contribution in [1.29, 1.82) is 0 Å². The molecule has 1 unspecified atom stereocenters. The summed E-state index contributed by atoms with van der Waals surface area (Å²) in [6.45, 7) is 2.09. The molecule has 1 heterocycles. The summed E-state index contributed by atoms with van der Waals surface area (Å²) >= 11 is 1.43. The molecule has 0 spiro atoms. The van der Waals surface area contributed by atoms with Gasteiger partial charge in [-0.2, -0.15) is 0 Å². The van der Waals surface area contributed by atoms with Gasteiger partial charge in [-0.15, -0.1) is 0 Å². The maximum atomic E-state index is 4.24. The van der Waals surface area contributed by atoms with Gasteiger partial charge in [0.15, 0.2) is 0 Å². The highest BCUT2D eigenvalue weighted by atomic mass is 32.2. The zero-order valence-corrected chi connectivity index (χ0v) is 6.48. The van der Waals surface area contributed by atoms with Crippen molar-refractivity contribution in [3.05, 3.63) is 23.8 Å². The zero-order chi connectivity index (χ0) is 6.97. The molecule has 2 nitrogen and oxygen atoms in total. The van der Waals surface area contributed by atoms with Crippen LogP contribution in [0.5, 0.6) is 0 Å². The third-order valence-corrected chi connectivity index (χ3v) is 2.32. The van der Waals surface area contributed by atoms with E-state index in [2.05, 4.69) is 34.3 Å². The SMILES string of the molecule is CC1=CC=CC2NSN=C12. The van der Waals surface area contributed by atoms with Crippen LogP contribution in [0, 0.1) is 0 Å². The first kappa shape index (κ1) is 6.19. The van der Waals surface area contributed by atoms with Gasteiger partial charge in [-0.05, 0) is 12.5 Å². The van der Waals surface area contributed by atoms with Crippen molar-refractivity contribution in [1.82, 2.24) is 4.72 Å². The van der Waals surface area contributed by atoms with Crippen molar-refractivity contribution >= 4 is 17.8 Å². The molecule has 0 radical (unpaired) electrons. The minimum atomic E-state index is 0.356. The summed E-state index contributed by atoms with van der Waals surface area (Å²) in [6, 6.07) is 0.356. The first-order chi connectivity index (χ1) is 4.88. The van der Waals surface area contributed by atoms with Gasteiger partial charge in [0.05, 0.1) is 23.9 Å². The molecular formula is C7H8N2S. The average Bonchev–Trinajstić information content (AvgIpc) is 2.36. The van der Waals surface area contributed by atoms with Crippen LogP contribution in [-0.2, 0) is 0 Å². The van der Waals surface area contributed by atoms with E-state index in [9.17, 15) is 0 Å². The van der Waals surface area contributed by atoms with Gasteiger partial charge in [0, 0.05) is 0 Å². The summed E-state index contributed by atoms with van der Waals surface area (Å²) < 4.78 is 7.42. The lowest BCUT2D eigenvalue weighted by Gasteiger charge is -2.10. The monoisotopic (exact) mass is 152 g/mol. The molecule has 2 rings (SSSR count). The molecule has 0 fully saturated rings. The predicted octanol–water partition coefficient (Wildman–Crippen LogP) is 1.48. The highest BCUT2D eigenvalue weighted by Crippen LogP contribution is 2.20. The standard InChI is InChI=1S/C7H8N2S/c1-5-3-2-4-6-7(5)9-10-8-6/h2-4,6,8H,1H3. The third kappa shape index (κ3) is 0.822. The lowest BCUT2D eigenvalue weighted by atomic mass is 10.0. The van der Waals surface area contributed by atoms with Gasteiger partial charge in [0.25, 0.3) is 0 Å². The summed E-state index contributed by atoms with van der Waals surface area (Å²) in [5.41, 5.74) is 2.44. The molecule has 1 aliphatic heterocycles. The van der Waals surface area contributed by atoms with Gasteiger partial charge < -0.3 is 0 Å². The highest BCUT2D eigenvalue weighted by molar-refractivity contribution is 7.96. The van der Waals surface area contributed by atoms with Crippen LogP contribution in [0.4, 0.5) is 0 Å². The van der Waals surface area contributed by atoms with E-state index < -0.39 is 0 Å². The largest absolute Gasteiger partial charge is 0.231 e. The minimum absolute atomic E-state index is 0.356. The van der Waals surface area contributed by atoms with E-state index in [1.165, 1.54) is 23.4 Å². The Labute approximate surface area is 64.4 Å². The average molecular weight is 152 g/mol. The van der Waals surface area contributed by atoms with Gasteiger partial charge in [-0.25, -0.2) is 9.12 Å². The van der Waals surface area contributed by atoms with Crippen molar-refractivity contribution in [2.45, 2.75) is 13.0 Å². The Morgan fingerprint density at radius 1 is 1.70 bits per heavy atom. The molecule has 10 heavy (non-hydrogen) atoms. The molecule has 3 heteroatoms. The molecule has 0 saturated heterocycles. The van der Waals surface area contributed by atoms with E-state index >= 15 is 0 Å². The van der Waals surface area contributed by atoms with E-state index in [0.29, 0.717) is 6.04 Å². The summed E-state index contributed by atoms with van der Waals surface area (Å²) in [6.07, 6.45) is 6.27. The molecule has 0 aromatic carbocycles. The molecule has 0 saturated carbocycles. The summed E-state index contributed by atoms with van der Waals surface area (Å²) in [5.74, 6) is 0. The van der Waals surface area contributed by atoms with Gasteiger partial charge in [-0.1, -0.05) is 18.2 Å². The van der Waals surface area contributed by atoms with Crippen LogP contribution in [0.15, 0.2) is 28.2 Å². The lowest BCUT2D eigenvalue weighted by molar-refractivity contribution is 1.000. The van der Waals surface area contributed by atoms with Crippen molar-refractivity contribution in [3.63, 3.8) is 0 Å². The first-order valence-corrected chi connectivity index (χ1v) is 4.00. The molecule has 2 aliphatic rings. The van der Waals surface area contributed by atoms with Crippen molar-refractivity contribution in [2.24, 2.45) is 4.40 Å². The van der Waals surface area contributed by atoms with Crippen LogP contribution in [0.1, 0.15) is 6.92 Å². The van der Waals surface area contributed by atoms with Crippen LogP contribution >= 0.6 is 12.1 Å². The van der Waals surface area contributed by atoms with E-state index in [1.54, 1.807) is 0 Å². The fourth-order valence-corrected chi connectivity index (χ4v) is 1.80. The Morgan fingerprint density at radius 2 is 2.60 bits per heavy atom. The molecule has 1 N–H and O–H groups in total. The normalized spacial score (nSPS) is 29.5. The van der Waals surface area contributed by atoms with Gasteiger partial charge in [0.2, 0.25) is 0 Å². The van der Waals surface area contributed by atoms with Crippen LogP contribution in [0.3, 0.4) is 0 Å². The molecule has 0 bridgehead atoms. The number of hydrogen-bond acceptors (Lipinski definition) is 3. The molecule has 1 atom stereocenters. The highest BCUT2D eigenvalue weighted by Gasteiger charge is 2.21. The van der Waals surface area contributed by atoms with E-state index in [-0.39, 0.29) is 0 Å². The second-order valence-electron chi connectivity index (χ2n) is 2.40. The second kappa shape index (κ2) is 2.25. The molecule has 52 valence electrons. The van der Waals surface area contributed by atoms with Crippen LogP contribution < -0.4 is 4.72 Å². The number of nitrogens with one attached hydrogen (secondary N) is 1. The molecule has 1 aliphatic carbocycles. The predicted molar refractivity (Wildman–Crippen MR) is 44.8 cm³/mol. The number of allylic oxidation sites excluding steroid dienone is 2. The Balaban J connectivity index is 2.38. The first-order valence-electron chi connectivity index (χ1n) is 3.23. The Hall–Kier alpha value is -0.540. The summed E-state index contributed by atoms with van der Waals surface area (Å²) in [7, 11) is 0. The maximum Gasteiger partial charge on any atom is 0.0804 e. The smallest absolute Gasteiger partial charge is 0.0804 e. The molecular weight excluding hydrogens is 144 g/mol. The lowest BCUT2D eigenvalue weighted by Crippen LogP contribution is -2.27. The van der Waals surface area contributed by atoms with Gasteiger partial charge >= 0.3 is 0 Å². The molecule has 0 amide bonds. The zero-order valence-electron chi connectivity index (χ0n) is 5.66. The van der Waals surface area contributed by atoms with Crippen LogP contribution in [0.25, 0.3) is 0 Å². The van der Waals surface area contributed by atoms with E-state index in [4.69, 9.17) is 0 Å². The number of hydrogen-bond donors (Lipinski definition) is 1. The quantitative estimate of drug-likeness (QED) is 0.532. The molecule has 0 aromatic rings. The summed E-state index contributed by atoms with van der Waals surface area (Å²) in [5, 5.41) is 0. The maximum absolute atomic E-state index is 4.24. The topological polar surface area (TPSA) is 24.4 Å². The Bertz CT molecular complexity index is 240. The fourth-order valence-electron chi connectivity index (χ4n) is 1.09. The fraction of sp³-hybridized carbons (Fsp3) is 0.286. The molecule has 0 aromatic heterocycles. The van der Waals surface area contributed by atoms with Gasteiger partial charge in [-0.3, -0.25) is 0 Å². The Morgan fingerprint density at radius 3 is 3.40 bits per heavy atom. The third-order valence-electron chi connectivity index (χ3n) is 1.67. The van der Waals surface area contributed by atoms with E-state index in [0.717, 1.165) is 0 Å². The van der Waals surface area contributed by atoms with Crippen LogP contribution in [-0.4, -0.2) is 11.8 Å². The van der Waals surface area contributed by atoms with Crippen molar-refractivity contribution in [3.8, 4) is 0 Å². The summed E-state index contributed by atoms with van der Waals surface area (Å²) in [4.78, 5) is 0. The number of nitrogens with zero attached hydrogens (tertiary/aromatic N) is 1. The van der Waals surface area contributed by atoms with Gasteiger partial charge in [0.1, 0.15) is 0 Å². The second-order valence-corrected chi connectivity index (χ2v) is 3.00. The van der Waals surface area contributed by atoms with E-state index in [1.807, 2.05) is 0 Å². The van der Waals surface area contributed by atoms with Crippen molar-refractivity contribution < 1.29 is 0 Å². The number of rotatable bonds is 0. The minimum Gasteiger partial charge on any atom is -0.231 e. The van der Waals surface area contributed by atoms with Crippen molar-refractivity contribution in [2.75, 3.05) is 0 Å². The Kier molecular flexibility index (Phi) is 1.39. The van der Waals surface area contributed by atoms with Crippen LogP contribution in [0.2, 0.25) is 0 Å². The number of fused-ring (bicyclic) bond motifs is 1.